The van der Waals surface area contributed by atoms with E-state index >= 15 is 0 Å². The SMILES string of the molecule is C/C=C\C(=C/C)Cc1ccccc1.CC.CC. The van der Waals surface area contributed by atoms with Crippen LogP contribution in [0.25, 0.3) is 0 Å². The molecule has 0 atom stereocenters. The molecule has 0 heteroatoms. The topological polar surface area (TPSA) is 0 Å². The van der Waals surface area contributed by atoms with Crippen molar-refractivity contribution in [3.05, 3.63) is 59.7 Å². The third-order valence-electron chi connectivity index (χ3n) is 2.00. The molecular formula is C17H28. The smallest absolute Gasteiger partial charge is 0.00292 e. The van der Waals surface area contributed by atoms with Crippen molar-refractivity contribution in [3.63, 3.8) is 0 Å². The van der Waals surface area contributed by atoms with Gasteiger partial charge in [-0.05, 0) is 31.4 Å². The van der Waals surface area contributed by atoms with E-state index in [-0.39, 0.29) is 0 Å². The second kappa shape index (κ2) is 14.7. The van der Waals surface area contributed by atoms with E-state index in [0.29, 0.717) is 0 Å². The molecular weight excluding hydrogens is 204 g/mol. The predicted molar refractivity (Wildman–Crippen MR) is 81.4 cm³/mol. The Bertz CT molecular complexity index is 291. The van der Waals surface area contributed by atoms with Gasteiger partial charge in [0, 0.05) is 0 Å². The summed E-state index contributed by atoms with van der Waals surface area (Å²) in [5.41, 5.74) is 2.74. The zero-order valence-electron chi connectivity index (χ0n) is 12.3. The molecule has 0 heterocycles. The summed E-state index contributed by atoms with van der Waals surface area (Å²) in [6.45, 7) is 12.1. The van der Waals surface area contributed by atoms with Crippen molar-refractivity contribution in [2.75, 3.05) is 0 Å². The highest BCUT2D eigenvalue weighted by atomic mass is 14.0. The van der Waals surface area contributed by atoms with Crippen molar-refractivity contribution in [1.82, 2.24) is 0 Å². The molecule has 1 aromatic rings. The molecule has 0 saturated heterocycles. The zero-order chi connectivity index (χ0) is 13.5. The molecule has 0 fully saturated rings. The van der Waals surface area contributed by atoms with Crippen LogP contribution in [0.5, 0.6) is 0 Å². The number of rotatable bonds is 3. The molecule has 0 unspecified atom stereocenters. The van der Waals surface area contributed by atoms with Crippen molar-refractivity contribution >= 4 is 0 Å². The highest BCUT2D eigenvalue weighted by Crippen LogP contribution is 2.08. The maximum absolute atomic E-state index is 2.16. The molecule has 0 amide bonds. The van der Waals surface area contributed by atoms with Crippen LogP contribution < -0.4 is 0 Å². The van der Waals surface area contributed by atoms with E-state index < -0.39 is 0 Å². The lowest BCUT2D eigenvalue weighted by Crippen LogP contribution is -1.86. The summed E-state index contributed by atoms with van der Waals surface area (Å²) >= 11 is 0. The molecule has 1 aromatic carbocycles. The first-order valence-electron chi connectivity index (χ1n) is 6.68. The molecule has 0 N–H and O–H groups in total. The molecule has 0 aliphatic heterocycles. The predicted octanol–water partition coefficient (Wildman–Crippen LogP) is 5.80. The zero-order valence-corrected chi connectivity index (χ0v) is 12.3. The molecule has 0 nitrogen and oxygen atoms in total. The average Bonchev–Trinajstić information content (AvgIpc) is 2.44. The molecule has 0 saturated carbocycles. The average molecular weight is 232 g/mol. The summed E-state index contributed by atoms with van der Waals surface area (Å²) < 4.78 is 0. The van der Waals surface area contributed by atoms with Crippen molar-refractivity contribution < 1.29 is 0 Å². The van der Waals surface area contributed by atoms with Crippen LogP contribution in [0.4, 0.5) is 0 Å². The fraction of sp³-hybridized carbons (Fsp3) is 0.412. The summed E-state index contributed by atoms with van der Waals surface area (Å²) in [6, 6.07) is 10.5. The van der Waals surface area contributed by atoms with Crippen LogP contribution in [0.15, 0.2) is 54.1 Å². The van der Waals surface area contributed by atoms with Crippen LogP contribution in [-0.4, -0.2) is 0 Å². The van der Waals surface area contributed by atoms with E-state index in [1.165, 1.54) is 11.1 Å². The fourth-order valence-corrected chi connectivity index (χ4v) is 1.30. The van der Waals surface area contributed by atoms with Gasteiger partial charge in [0.15, 0.2) is 0 Å². The maximum Gasteiger partial charge on any atom is -0.00292 e. The largest absolute Gasteiger partial charge is 0.0874 e. The van der Waals surface area contributed by atoms with Crippen molar-refractivity contribution in [3.8, 4) is 0 Å². The van der Waals surface area contributed by atoms with Gasteiger partial charge in [-0.2, -0.15) is 0 Å². The monoisotopic (exact) mass is 232 g/mol. The number of allylic oxidation sites excluding steroid dienone is 4. The van der Waals surface area contributed by atoms with E-state index in [0.717, 1.165) is 6.42 Å². The Labute approximate surface area is 108 Å². The van der Waals surface area contributed by atoms with E-state index in [2.05, 4.69) is 62.4 Å². The summed E-state index contributed by atoms with van der Waals surface area (Å²) in [4.78, 5) is 0. The van der Waals surface area contributed by atoms with Gasteiger partial charge in [0.05, 0.1) is 0 Å². The van der Waals surface area contributed by atoms with Gasteiger partial charge in [0.2, 0.25) is 0 Å². The van der Waals surface area contributed by atoms with Gasteiger partial charge in [-0.25, -0.2) is 0 Å². The lowest BCUT2D eigenvalue weighted by Gasteiger charge is -2.01. The lowest BCUT2D eigenvalue weighted by molar-refractivity contribution is 1.19. The van der Waals surface area contributed by atoms with Crippen LogP contribution in [0.2, 0.25) is 0 Å². The summed E-state index contributed by atoms with van der Waals surface area (Å²) in [7, 11) is 0. The molecule has 1 rings (SSSR count). The van der Waals surface area contributed by atoms with Crippen LogP contribution in [0.1, 0.15) is 47.1 Å². The van der Waals surface area contributed by atoms with Gasteiger partial charge in [-0.3, -0.25) is 0 Å². The highest BCUT2D eigenvalue weighted by molar-refractivity contribution is 5.27. The molecule has 0 aliphatic carbocycles. The van der Waals surface area contributed by atoms with E-state index in [1.807, 2.05) is 27.7 Å². The van der Waals surface area contributed by atoms with Gasteiger partial charge >= 0.3 is 0 Å². The molecule has 0 aliphatic rings. The van der Waals surface area contributed by atoms with Gasteiger partial charge in [0.25, 0.3) is 0 Å². The first-order chi connectivity index (χ1) is 8.36. The fourth-order valence-electron chi connectivity index (χ4n) is 1.30. The minimum Gasteiger partial charge on any atom is -0.0874 e. The first kappa shape index (κ1) is 18.1. The quantitative estimate of drug-likeness (QED) is 0.577. The molecule has 17 heavy (non-hydrogen) atoms. The van der Waals surface area contributed by atoms with Crippen LogP contribution >= 0.6 is 0 Å². The second-order valence-corrected chi connectivity index (χ2v) is 3.03. The minimum atomic E-state index is 1.03. The van der Waals surface area contributed by atoms with Crippen LogP contribution in [0.3, 0.4) is 0 Å². The molecule has 96 valence electrons. The van der Waals surface area contributed by atoms with Gasteiger partial charge in [-0.15, -0.1) is 0 Å². The molecule has 0 radical (unpaired) electrons. The Morgan fingerprint density at radius 2 is 1.47 bits per heavy atom. The van der Waals surface area contributed by atoms with Gasteiger partial charge < -0.3 is 0 Å². The molecule has 0 spiro atoms. The van der Waals surface area contributed by atoms with Crippen molar-refractivity contribution in [2.45, 2.75) is 48.0 Å². The third-order valence-corrected chi connectivity index (χ3v) is 2.00. The number of hydrogen-bond donors (Lipinski definition) is 0. The van der Waals surface area contributed by atoms with E-state index in [1.54, 1.807) is 0 Å². The van der Waals surface area contributed by atoms with E-state index in [4.69, 9.17) is 0 Å². The molecule has 0 bridgehead atoms. The van der Waals surface area contributed by atoms with Gasteiger partial charge in [0.1, 0.15) is 0 Å². The first-order valence-corrected chi connectivity index (χ1v) is 6.68. The Morgan fingerprint density at radius 3 is 1.88 bits per heavy atom. The Morgan fingerprint density at radius 1 is 0.941 bits per heavy atom. The highest BCUT2D eigenvalue weighted by Gasteiger charge is 1.93. The van der Waals surface area contributed by atoms with E-state index in [9.17, 15) is 0 Å². The summed E-state index contributed by atoms with van der Waals surface area (Å²) in [5, 5.41) is 0. The normalized spacial score (nSPS) is 10.1. The second-order valence-electron chi connectivity index (χ2n) is 3.03. The van der Waals surface area contributed by atoms with Crippen molar-refractivity contribution in [2.24, 2.45) is 0 Å². The third kappa shape index (κ3) is 9.62. The van der Waals surface area contributed by atoms with Crippen LogP contribution in [0, 0.1) is 0 Å². The Balaban J connectivity index is 0. The summed E-state index contributed by atoms with van der Waals surface area (Å²) in [5.74, 6) is 0. The Hall–Kier alpha value is -1.30. The summed E-state index contributed by atoms with van der Waals surface area (Å²) in [6.07, 6.45) is 7.43. The number of benzene rings is 1. The lowest BCUT2D eigenvalue weighted by atomic mass is 10.0. The number of hydrogen-bond acceptors (Lipinski definition) is 0. The molecule has 0 aromatic heterocycles. The minimum absolute atomic E-state index is 1.03. The standard InChI is InChI=1S/C13H16.2C2H6/c1-3-8-12(4-2)11-13-9-6-5-7-10-13;2*1-2/h3-10H,11H2,1-2H3;2*1-2H3/b8-3-,12-4+;;. The Kier molecular flexibility index (Phi) is 15.6. The van der Waals surface area contributed by atoms with Gasteiger partial charge in [-0.1, -0.05) is 76.3 Å². The van der Waals surface area contributed by atoms with Crippen molar-refractivity contribution in [1.29, 1.82) is 0 Å². The van der Waals surface area contributed by atoms with Crippen LogP contribution in [-0.2, 0) is 6.42 Å². The maximum atomic E-state index is 2.16.